The number of benzene rings is 2. The number of hydrogen-bond donors (Lipinski definition) is 1. The van der Waals surface area contributed by atoms with Gasteiger partial charge in [0.1, 0.15) is 5.84 Å². The van der Waals surface area contributed by atoms with Gasteiger partial charge in [0.2, 0.25) is 0 Å². The van der Waals surface area contributed by atoms with Gasteiger partial charge in [-0.2, -0.15) is 5.10 Å². The lowest BCUT2D eigenvalue weighted by Gasteiger charge is -2.22. The molecule has 0 fully saturated rings. The van der Waals surface area contributed by atoms with E-state index in [9.17, 15) is 0 Å². The fourth-order valence-electron chi connectivity index (χ4n) is 2.51. The first-order valence-corrected chi connectivity index (χ1v) is 7.66. The van der Waals surface area contributed by atoms with Crippen molar-refractivity contribution in [3.63, 3.8) is 0 Å². The average Bonchev–Trinajstić information content (AvgIpc) is 2.51. The van der Waals surface area contributed by atoms with E-state index in [0.29, 0.717) is 12.3 Å². The Balaban J connectivity index is 2.06. The molecule has 2 aromatic rings. The van der Waals surface area contributed by atoms with Crippen molar-refractivity contribution < 1.29 is 0 Å². The van der Waals surface area contributed by atoms with E-state index in [0.717, 1.165) is 15.7 Å². The second kappa shape index (κ2) is 5.82. The zero-order valence-electron chi connectivity index (χ0n) is 11.8. The van der Waals surface area contributed by atoms with Crippen molar-refractivity contribution in [2.75, 3.05) is 0 Å². The smallest absolute Gasteiger partial charge is 0.123 e. The van der Waals surface area contributed by atoms with Gasteiger partial charge in [-0.3, -0.25) is 0 Å². The maximum atomic E-state index is 5.89. The normalized spacial score (nSPS) is 18.1. The van der Waals surface area contributed by atoms with Crippen LogP contribution in [0.1, 0.15) is 29.0 Å². The van der Waals surface area contributed by atoms with Crippen molar-refractivity contribution in [3.8, 4) is 0 Å². The van der Waals surface area contributed by atoms with Crippen molar-refractivity contribution in [1.82, 2.24) is 0 Å². The summed E-state index contributed by atoms with van der Waals surface area (Å²) >= 11 is 3.59. The first kappa shape index (κ1) is 14.0. The molecule has 0 radical (unpaired) electrons. The van der Waals surface area contributed by atoms with Crippen LogP contribution in [-0.4, -0.2) is 11.5 Å². The second-order valence-electron chi connectivity index (χ2n) is 5.21. The maximum Gasteiger partial charge on any atom is 0.123 e. The van der Waals surface area contributed by atoms with Crippen molar-refractivity contribution in [2.24, 2.45) is 15.9 Å². The summed E-state index contributed by atoms with van der Waals surface area (Å²) in [6, 6.07) is 16.6. The summed E-state index contributed by atoms with van der Waals surface area (Å²) in [5, 5.41) is 8.45. The number of hydrogen-bond acceptors (Lipinski definition) is 3. The van der Waals surface area contributed by atoms with Gasteiger partial charge in [0.05, 0.1) is 5.71 Å². The number of rotatable bonds is 2. The highest BCUT2D eigenvalue weighted by molar-refractivity contribution is 9.10. The topological polar surface area (TPSA) is 50.7 Å². The molecule has 2 aromatic carbocycles. The lowest BCUT2D eigenvalue weighted by molar-refractivity contribution is 0.887. The molecule has 3 rings (SSSR count). The van der Waals surface area contributed by atoms with Gasteiger partial charge in [-0.15, -0.1) is 5.10 Å². The Morgan fingerprint density at radius 2 is 1.86 bits per heavy atom. The maximum absolute atomic E-state index is 5.89. The van der Waals surface area contributed by atoms with E-state index in [2.05, 4.69) is 63.4 Å². The fourth-order valence-corrected chi connectivity index (χ4v) is 2.89. The molecule has 1 unspecified atom stereocenters. The molecule has 1 heterocycles. The van der Waals surface area contributed by atoms with Gasteiger partial charge in [-0.25, -0.2) is 0 Å². The quantitative estimate of drug-likeness (QED) is 0.881. The molecule has 2 N–H and O–H groups in total. The molecule has 0 aliphatic carbocycles. The van der Waals surface area contributed by atoms with E-state index in [1.807, 2.05) is 18.2 Å². The minimum Gasteiger partial charge on any atom is -0.386 e. The Hall–Kier alpha value is -1.94. The molecule has 0 bridgehead atoms. The Bertz CT molecular complexity index is 720. The van der Waals surface area contributed by atoms with Gasteiger partial charge in [-0.05, 0) is 29.7 Å². The first-order valence-electron chi connectivity index (χ1n) is 6.86. The summed E-state index contributed by atoms with van der Waals surface area (Å²) in [5.74, 6) is 0.733. The van der Waals surface area contributed by atoms with E-state index in [-0.39, 0.29) is 5.92 Å². The van der Waals surface area contributed by atoms with E-state index in [1.54, 1.807) is 0 Å². The summed E-state index contributed by atoms with van der Waals surface area (Å²) in [7, 11) is 0. The number of aryl methyl sites for hydroxylation is 1. The van der Waals surface area contributed by atoms with Gasteiger partial charge in [0, 0.05) is 16.8 Å². The van der Waals surface area contributed by atoms with Gasteiger partial charge < -0.3 is 5.73 Å². The van der Waals surface area contributed by atoms with Crippen LogP contribution in [0, 0.1) is 6.92 Å². The molecule has 4 heteroatoms. The molecule has 0 saturated heterocycles. The van der Waals surface area contributed by atoms with E-state index >= 15 is 0 Å². The van der Waals surface area contributed by atoms with Crippen LogP contribution in [0.4, 0.5) is 0 Å². The molecule has 106 valence electrons. The van der Waals surface area contributed by atoms with Crippen molar-refractivity contribution in [3.05, 3.63) is 69.7 Å². The van der Waals surface area contributed by atoms with Crippen LogP contribution >= 0.6 is 15.9 Å². The Morgan fingerprint density at radius 3 is 2.57 bits per heavy atom. The largest absolute Gasteiger partial charge is 0.386 e. The minimum atomic E-state index is 0.151. The zero-order valence-corrected chi connectivity index (χ0v) is 13.3. The third-order valence-corrected chi connectivity index (χ3v) is 4.55. The van der Waals surface area contributed by atoms with Crippen molar-refractivity contribution in [1.29, 1.82) is 0 Å². The lowest BCUT2D eigenvalue weighted by Crippen LogP contribution is -2.25. The summed E-state index contributed by atoms with van der Waals surface area (Å²) in [4.78, 5) is 0. The summed E-state index contributed by atoms with van der Waals surface area (Å²) in [6.45, 7) is 2.07. The fraction of sp³-hybridized carbons (Fsp3) is 0.176. The van der Waals surface area contributed by atoms with Crippen LogP contribution in [0.5, 0.6) is 0 Å². The van der Waals surface area contributed by atoms with Crippen LogP contribution in [0.2, 0.25) is 0 Å². The standard InChI is InChI=1S/C17H16BrN3/c1-11-7-8-13(9-15(11)18)17-14(10-16(19)20-21-17)12-5-3-2-4-6-12/h2-9,14H,10H2,1H3,(H2,19,20). The first-order chi connectivity index (χ1) is 10.1. The molecular formula is C17H16BrN3. The molecule has 3 nitrogen and oxygen atoms in total. The molecule has 1 atom stereocenters. The second-order valence-corrected chi connectivity index (χ2v) is 6.06. The highest BCUT2D eigenvalue weighted by Gasteiger charge is 2.24. The molecule has 1 aliphatic heterocycles. The van der Waals surface area contributed by atoms with E-state index in [4.69, 9.17) is 5.73 Å². The predicted octanol–water partition coefficient (Wildman–Crippen LogP) is 4.01. The van der Waals surface area contributed by atoms with E-state index in [1.165, 1.54) is 11.1 Å². The van der Waals surface area contributed by atoms with Crippen LogP contribution in [0.3, 0.4) is 0 Å². The molecule has 0 saturated carbocycles. The number of halogens is 1. The highest BCUT2D eigenvalue weighted by atomic mass is 79.9. The number of nitrogens with zero attached hydrogens (tertiary/aromatic N) is 2. The van der Waals surface area contributed by atoms with Gasteiger partial charge >= 0.3 is 0 Å². The Morgan fingerprint density at radius 1 is 1.10 bits per heavy atom. The van der Waals surface area contributed by atoms with Gasteiger partial charge in [0.15, 0.2) is 0 Å². The lowest BCUT2D eigenvalue weighted by atomic mass is 9.86. The SMILES string of the molecule is Cc1ccc(C2=NN=C(N)CC2c2ccccc2)cc1Br. The predicted molar refractivity (Wildman–Crippen MR) is 90.8 cm³/mol. The summed E-state index contributed by atoms with van der Waals surface area (Å²) in [6.07, 6.45) is 0.703. The highest BCUT2D eigenvalue weighted by Crippen LogP contribution is 2.29. The van der Waals surface area contributed by atoms with Crippen LogP contribution in [-0.2, 0) is 0 Å². The van der Waals surface area contributed by atoms with Gasteiger partial charge in [0.25, 0.3) is 0 Å². The Kier molecular flexibility index (Phi) is 3.88. The molecule has 1 aliphatic rings. The summed E-state index contributed by atoms with van der Waals surface area (Å²) < 4.78 is 1.08. The van der Waals surface area contributed by atoms with Gasteiger partial charge in [-0.1, -0.05) is 58.4 Å². The van der Waals surface area contributed by atoms with Crippen molar-refractivity contribution in [2.45, 2.75) is 19.3 Å². The third kappa shape index (κ3) is 2.90. The average molecular weight is 342 g/mol. The van der Waals surface area contributed by atoms with E-state index < -0.39 is 0 Å². The van der Waals surface area contributed by atoms with Crippen LogP contribution in [0.15, 0.2) is 63.2 Å². The molecule has 0 amide bonds. The molecule has 0 aromatic heterocycles. The molecular weight excluding hydrogens is 326 g/mol. The van der Waals surface area contributed by atoms with Crippen LogP contribution in [0.25, 0.3) is 0 Å². The molecule has 21 heavy (non-hydrogen) atoms. The minimum absolute atomic E-state index is 0.151. The number of amidine groups is 1. The third-order valence-electron chi connectivity index (χ3n) is 3.70. The zero-order chi connectivity index (χ0) is 14.8. The number of nitrogens with two attached hydrogens (primary N) is 1. The van der Waals surface area contributed by atoms with Crippen LogP contribution < -0.4 is 5.73 Å². The monoisotopic (exact) mass is 341 g/mol. The van der Waals surface area contributed by atoms with Crippen molar-refractivity contribution >= 4 is 27.5 Å². The summed E-state index contributed by atoms with van der Waals surface area (Å²) in [5.41, 5.74) is 10.4. The Labute approximate surface area is 132 Å². The molecule has 0 spiro atoms.